The highest BCUT2D eigenvalue weighted by Crippen LogP contribution is 2.22. The molecule has 0 bridgehead atoms. The fourth-order valence-electron chi connectivity index (χ4n) is 4.11. The smallest absolute Gasteiger partial charge is 0.244 e. The van der Waals surface area contributed by atoms with Crippen LogP contribution >= 0.6 is 0 Å². The van der Waals surface area contributed by atoms with Crippen LogP contribution in [0.1, 0.15) is 49.7 Å². The average molecular weight is 419 g/mol. The fraction of sp³-hybridized carbons (Fsp3) is 0.400. The van der Waals surface area contributed by atoms with E-state index < -0.39 is 0 Å². The first-order valence-corrected chi connectivity index (χ1v) is 11.3. The summed E-state index contributed by atoms with van der Waals surface area (Å²) in [7, 11) is 0. The van der Waals surface area contributed by atoms with Crippen molar-refractivity contribution in [2.75, 3.05) is 29.4 Å². The molecular formula is C25H30N4O2. The zero-order chi connectivity index (χ0) is 21.5. The van der Waals surface area contributed by atoms with Gasteiger partial charge in [-0.1, -0.05) is 31.0 Å². The lowest BCUT2D eigenvalue weighted by atomic mass is 10.2. The molecule has 4 rings (SSSR count). The van der Waals surface area contributed by atoms with Gasteiger partial charge in [-0.05, 0) is 54.7 Å². The lowest BCUT2D eigenvalue weighted by Gasteiger charge is -2.21. The average Bonchev–Trinajstić information content (AvgIpc) is 3.05. The van der Waals surface area contributed by atoms with Crippen LogP contribution in [-0.4, -0.2) is 36.4 Å². The van der Waals surface area contributed by atoms with Crippen LogP contribution in [-0.2, 0) is 16.1 Å². The van der Waals surface area contributed by atoms with Gasteiger partial charge in [-0.25, -0.2) is 4.98 Å². The summed E-state index contributed by atoms with van der Waals surface area (Å²) in [5.41, 5.74) is 2.83. The van der Waals surface area contributed by atoms with E-state index in [1.807, 2.05) is 41.4 Å². The molecule has 2 aromatic rings. The predicted molar refractivity (Wildman–Crippen MR) is 124 cm³/mol. The molecule has 0 atom stereocenters. The molecule has 0 radical (unpaired) electrons. The van der Waals surface area contributed by atoms with Gasteiger partial charge >= 0.3 is 0 Å². The summed E-state index contributed by atoms with van der Waals surface area (Å²) in [6.07, 6.45) is 11.8. The van der Waals surface area contributed by atoms with Crippen molar-refractivity contribution in [2.24, 2.45) is 0 Å². The summed E-state index contributed by atoms with van der Waals surface area (Å²) in [6.45, 7) is 3.38. The minimum atomic E-state index is -0.143. The van der Waals surface area contributed by atoms with E-state index in [-0.39, 0.29) is 11.8 Å². The van der Waals surface area contributed by atoms with Crippen molar-refractivity contribution < 1.29 is 9.59 Å². The van der Waals surface area contributed by atoms with Gasteiger partial charge in [-0.2, -0.15) is 0 Å². The van der Waals surface area contributed by atoms with Gasteiger partial charge in [0.05, 0.1) is 0 Å². The van der Waals surface area contributed by atoms with E-state index in [2.05, 4.69) is 21.3 Å². The van der Waals surface area contributed by atoms with Crippen molar-refractivity contribution in [3.8, 4) is 0 Å². The summed E-state index contributed by atoms with van der Waals surface area (Å²) in [4.78, 5) is 32.8. The normalized spacial score (nSPS) is 17.2. The van der Waals surface area contributed by atoms with Crippen LogP contribution in [0.25, 0.3) is 6.08 Å². The number of nitrogens with zero attached hydrogens (tertiary/aromatic N) is 3. The van der Waals surface area contributed by atoms with Crippen molar-refractivity contribution in [3.63, 3.8) is 0 Å². The zero-order valence-electron chi connectivity index (χ0n) is 17.9. The quantitative estimate of drug-likeness (QED) is 0.722. The summed E-state index contributed by atoms with van der Waals surface area (Å²) < 4.78 is 0. The van der Waals surface area contributed by atoms with Crippen LogP contribution in [0.3, 0.4) is 0 Å². The Hall–Kier alpha value is -3.15. The van der Waals surface area contributed by atoms with Gasteiger partial charge in [0.15, 0.2) is 0 Å². The first-order chi connectivity index (χ1) is 15.2. The van der Waals surface area contributed by atoms with E-state index in [0.29, 0.717) is 13.0 Å². The van der Waals surface area contributed by atoms with Crippen molar-refractivity contribution in [3.05, 3.63) is 59.8 Å². The molecule has 1 aromatic carbocycles. The predicted octanol–water partition coefficient (Wildman–Crippen LogP) is 3.92. The molecule has 1 aromatic heterocycles. The first-order valence-electron chi connectivity index (χ1n) is 11.3. The number of nitrogens with one attached hydrogen (secondary N) is 1. The van der Waals surface area contributed by atoms with Crippen LogP contribution in [0.5, 0.6) is 0 Å². The Labute approximate surface area is 184 Å². The highest BCUT2D eigenvalue weighted by Gasteiger charge is 2.21. The molecule has 0 unspecified atom stereocenters. The van der Waals surface area contributed by atoms with Crippen LogP contribution in [0.15, 0.2) is 48.7 Å². The van der Waals surface area contributed by atoms with Gasteiger partial charge in [0.2, 0.25) is 11.8 Å². The maximum Gasteiger partial charge on any atom is 0.244 e. The Morgan fingerprint density at radius 3 is 2.39 bits per heavy atom. The number of carbonyl (C=O) groups excluding carboxylic acids is 2. The molecular weight excluding hydrogens is 388 g/mol. The van der Waals surface area contributed by atoms with Gasteiger partial charge in [0.1, 0.15) is 5.82 Å². The number of hydrogen-bond acceptors (Lipinski definition) is 4. The Morgan fingerprint density at radius 1 is 0.968 bits per heavy atom. The summed E-state index contributed by atoms with van der Waals surface area (Å²) in [5, 5.41) is 2.91. The van der Waals surface area contributed by atoms with E-state index in [1.54, 1.807) is 6.08 Å². The molecule has 6 nitrogen and oxygen atoms in total. The lowest BCUT2D eigenvalue weighted by molar-refractivity contribution is -0.117. The van der Waals surface area contributed by atoms with E-state index in [9.17, 15) is 9.59 Å². The van der Waals surface area contributed by atoms with E-state index >= 15 is 0 Å². The van der Waals surface area contributed by atoms with Crippen LogP contribution in [0.4, 0.5) is 11.5 Å². The number of carbonyl (C=O) groups is 2. The second-order valence-electron chi connectivity index (χ2n) is 8.22. The number of anilines is 2. The molecule has 3 heterocycles. The topological polar surface area (TPSA) is 65.5 Å². The molecule has 162 valence electrons. The maximum absolute atomic E-state index is 12.2. The largest absolute Gasteiger partial charge is 0.357 e. The van der Waals surface area contributed by atoms with E-state index in [0.717, 1.165) is 48.7 Å². The molecule has 2 amide bonds. The Balaban J connectivity index is 1.26. The number of amides is 2. The molecule has 2 saturated heterocycles. The molecule has 1 N–H and O–H groups in total. The molecule has 2 aliphatic rings. The van der Waals surface area contributed by atoms with E-state index in [4.69, 9.17) is 0 Å². The van der Waals surface area contributed by atoms with Crippen molar-refractivity contribution in [1.82, 2.24) is 10.3 Å². The lowest BCUT2D eigenvalue weighted by Crippen LogP contribution is -2.25. The molecule has 6 heteroatoms. The van der Waals surface area contributed by atoms with Crippen molar-refractivity contribution in [1.29, 1.82) is 0 Å². The van der Waals surface area contributed by atoms with Crippen LogP contribution in [0.2, 0.25) is 0 Å². The summed E-state index contributed by atoms with van der Waals surface area (Å²) >= 11 is 0. The van der Waals surface area contributed by atoms with Crippen molar-refractivity contribution in [2.45, 2.75) is 45.1 Å². The molecule has 2 aliphatic heterocycles. The zero-order valence-corrected chi connectivity index (χ0v) is 17.9. The highest BCUT2D eigenvalue weighted by molar-refractivity contribution is 5.95. The third-order valence-corrected chi connectivity index (χ3v) is 5.91. The van der Waals surface area contributed by atoms with Crippen LogP contribution in [0, 0.1) is 0 Å². The van der Waals surface area contributed by atoms with Crippen molar-refractivity contribution >= 4 is 29.4 Å². The van der Waals surface area contributed by atoms with Gasteiger partial charge in [0.25, 0.3) is 0 Å². The van der Waals surface area contributed by atoms with Crippen LogP contribution < -0.4 is 15.1 Å². The van der Waals surface area contributed by atoms with Gasteiger partial charge in [-0.15, -0.1) is 0 Å². The second-order valence-corrected chi connectivity index (χ2v) is 8.22. The number of rotatable bonds is 6. The summed E-state index contributed by atoms with van der Waals surface area (Å²) in [6, 6.07) is 11.8. The molecule has 31 heavy (non-hydrogen) atoms. The Morgan fingerprint density at radius 2 is 1.74 bits per heavy atom. The summed E-state index contributed by atoms with van der Waals surface area (Å²) in [5.74, 6) is 1.06. The number of benzene rings is 1. The monoisotopic (exact) mass is 418 g/mol. The SMILES string of the molecule is O=C(/C=C\c1ccc(N2CCCC2=O)cc1)NCc1ccc(N2CCCCCC2)nc1. The number of pyridine rings is 1. The standard InChI is InChI=1S/C25H30N4O2/c30-24(14-10-20-7-11-22(12-8-20)29-17-5-6-25(29)31)27-19-21-9-13-23(26-18-21)28-15-3-1-2-4-16-28/h7-14,18H,1-6,15-17,19H2,(H,27,30)/b14-10-. The molecule has 0 aliphatic carbocycles. The molecule has 0 spiro atoms. The highest BCUT2D eigenvalue weighted by atomic mass is 16.2. The third kappa shape index (κ3) is 5.72. The minimum Gasteiger partial charge on any atom is -0.357 e. The number of aromatic nitrogens is 1. The maximum atomic E-state index is 12.2. The molecule has 0 saturated carbocycles. The molecule has 2 fully saturated rings. The van der Waals surface area contributed by atoms with E-state index in [1.165, 1.54) is 31.8 Å². The minimum absolute atomic E-state index is 0.143. The van der Waals surface area contributed by atoms with Gasteiger partial charge in [-0.3, -0.25) is 9.59 Å². The van der Waals surface area contributed by atoms with Gasteiger partial charge < -0.3 is 15.1 Å². The second kappa shape index (κ2) is 10.2. The third-order valence-electron chi connectivity index (χ3n) is 5.91. The van der Waals surface area contributed by atoms with Gasteiger partial charge in [0, 0.05) is 50.6 Å². The Bertz CT molecular complexity index is 914. The first kappa shape index (κ1) is 21.1. The Kier molecular flexibility index (Phi) is 6.97. The number of hydrogen-bond donors (Lipinski definition) is 1. The fourth-order valence-corrected chi connectivity index (χ4v) is 4.11.